The Kier molecular flexibility index (Phi) is 6.47. The highest BCUT2D eigenvalue weighted by atomic mass is 16.5. The second-order valence-corrected chi connectivity index (χ2v) is 8.83. The fourth-order valence-electron chi connectivity index (χ4n) is 4.76. The van der Waals surface area contributed by atoms with Gasteiger partial charge >= 0.3 is 6.09 Å². The number of rotatable bonds is 5. The van der Waals surface area contributed by atoms with Gasteiger partial charge in [-0.25, -0.2) is 4.79 Å². The average molecular weight is 466 g/mol. The standard InChI is InChI=1S/C28H27N5O2/c1-35-28(34)32-23-8-6-22(7-9-23)27-26(21-4-2-19(16-29)3-5-21)24-12-15-33(25(24)17-31-27)18-20-10-13-30-14-11-20/h2-9,12,15,17,20,30H,10-11,13-14,18H2,1H3,(H,32,34). The van der Waals surface area contributed by atoms with Crippen LogP contribution in [0, 0.1) is 17.2 Å². The molecule has 0 unspecified atom stereocenters. The molecule has 4 aromatic rings. The molecule has 1 amide bonds. The smallest absolute Gasteiger partial charge is 0.411 e. The van der Waals surface area contributed by atoms with E-state index >= 15 is 0 Å². The minimum absolute atomic E-state index is 0.509. The first-order valence-electron chi connectivity index (χ1n) is 11.8. The first kappa shape index (κ1) is 22.6. The SMILES string of the molecule is COC(=O)Nc1ccc(-c2ncc3c(ccn3CC3CCNCC3)c2-c2ccc(C#N)cc2)cc1. The molecular formula is C28H27N5O2. The summed E-state index contributed by atoms with van der Waals surface area (Å²) in [6.07, 6.45) is 5.97. The minimum atomic E-state index is -0.509. The second-order valence-electron chi connectivity index (χ2n) is 8.83. The number of anilines is 1. The van der Waals surface area contributed by atoms with Gasteiger partial charge in [-0.1, -0.05) is 24.3 Å². The van der Waals surface area contributed by atoms with Crippen molar-refractivity contribution in [1.82, 2.24) is 14.9 Å². The van der Waals surface area contributed by atoms with E-state index in [4.69, 9.17) is 4.98 Å². The summed E-state index contributed by atoms with van der Waals surface area (Å²) in [6.45, 7) is 3.13. The van der Waals surface area contributed by atoms with Crippen LogP contribution in [0.5, 0.6) is 0 Å². The number of nitriles is 1. The van der Waals surface area contributed by atoms with E-state index in [1.54, 1.807) is 0 Å². The van der Waals surface area contributed by atoms with E-state index in [1.165, 1.54) is 20.0 Å². The summed E-state index contributed by atoms with van der Waals surface area (Å²) in [6, 6.07) is 19.6. The van der Waals surface area contributed by atoms with Gasteiger partial charge in [0.2, 0.25) is 0 Å². The van der Waals surface area contributed by atoms with Gasteiger partial charge in [-0.15, -0.1) is 0 Å². The maximum Gasteiger partial charge on any atom is 0.411 e. The van der Waals surface area contributed by atoms with Crippen LogP contribution in [-0.2, 0) is 11.3 Å². The van der Waals surface area contributed by atoms with Crippen molar-refractivity contribution in [2.45, 2.75) is 19.4 Å². The van der Waals surface area contributed by atoms with Crippen molar-refractivity contribution in [1.29, 1.82) is 5.26 Å². The van der Waals surface area contributed by atoms with Crippen LogP contribution in [0.2, 0.25) is 0 Å². The second kappa shape index (κ2) is 10.00. The third kappa shape index (κ3) is 4.75. The van der Waals surface area contributed by atoms with Gasteiger partial charge in [-0.05, 0) is 67.7 Å². The van der Waals surface area contributed by atoms with Crippen molar-refractivity contribution < 1.29 is 9.53 Å². The Morgan fingerprint density at radius 1 is 1.11 bits per heavy atom. The van der Waals surface area contributed by atoms with Gasteiger partial charge in [0.25, 0.3) is 0 Å². The number of fused-ring (bicyclic) bond motifs is 1. The molecule has 1 fully saturated rings. The Hall–Kier alpha value is -4.15. The van der Waals surface area contributed by atoms with E-state index < -0.39 is 6.09 Å². The summed E-state index contributed by atoms with van der Waals surface area (Å²) in [4.78, 5) is 16.5. The molecule has 2 N–H and O–H groups in total. The fraction of sp³-hybridized carbons (Fsp3) is 0.250. The van der Waals surface area contributed by atoms with Crippen LogP contribution in [-0.4, -0.2) is 35.8 Å². The zero-order valence-electron chi connectivity index (χ0n) is 19.6. The van der Waals surface area contributed by atoms with E-state index in [9.17, 15) is 10.1 Å². The Labute approximate surface area is 204 Å². The highest BCUT2D eigenvalue weighted by Crippen LogP contribution is 2.38. The molecule has 7 nitrogen and oxygen atoms in total. The molecule has 0 spiro atoms. The van der Waals surface area contributed by atoms with Crippen molar-refractivity contribution in [2.24, 2.45) is 5.92 Å². The van der Waals surface area contributed by atoms with Crippen molar-refractivity contribution >= 4 is 22.7 Å². The third-order valence-corrected chi connectivity index (χ3v) is 6.64. The summed E-state index contributed by atoms with van der Waals surface area (Å²) < 4.78 is 7.00. The van der Waals surface area contributed by atoms with Crippen LogP contribution in [0.15, 0.2) is 67.0 Å². The van der Waals surface area contributed by atoms with E-state index in [0.29, 0.717) is 17.2 Å². The Morgan fingerprint density at radius 3 is 2.51 bits per heavy atom. The zero-order chi connectivity index (χ0) is 24.2. The number of hydrogen-bond acceptors (Lipinski definition) is 5. The number of pyridine rings is 1. The van der Waals surface area contributed by atoms with E-state index in [2.05, 4.69) is 38.3 Å². The Morgan fingerprint density at radius 2 is 1.83 bits per heavy atom. The van der Waals surface area contributed by atoms with Gasteiger partial charge in [-0.3, -0.25) is 10.3 Å². The van der Waals surface area contributed by atoms with Crippen molar-refractivity contribution in [3.63, 3.8) is 0 Å². The normalized spacial score (nSPS) is 13.9. The highest BCUT2D eigenvalue weighted by molar-refractivity contribution is 6.01. The van der Waals surface area contributed by atoms with Crippen LogP contribution in [0.4, 0.5) is 10.5 Å². The monoisotopic (exact) mass is 465 g/mol. The molecule has 5 rings (SSSR count). The Balaban J connectivity index is 1.58. The topological polar surface area (TPSA) is 92.0 Å². The molecular weight excluding hydrogens is 438 g/mol. The molecule has 176 valence electrons. The van der Waals surface area contributed by atoms with Gasteiger partial charge in [0, 0.05) is 34.9 Å². The van der Waals surface area contributed by atoms with Gasteiger partial charge in [0.05, 0.1) is 36.1 Å². The molecule has 0 aliphatic carbocycles. The number of nitrogens with zero attached hydrogens (tertiary/aromatic N) is 3. The molecule has 0 radical (unpaired) electrons. The summed E-state index contributed by atoms with van der Waals surface area (Å²) in [5, 5.41) is 16.5. The number of aromatic nitrogens is 2. The summed E-state index contributed by atoms with van der Waals surface area (Å²) in [7, 11) is 1.34. The number of hydrogen-bond donors (Lipinski definition) is 2. The largest absolute Gasteiger partial charge is 0.453 e. The van der Waals surface area contributed by atoms with Crippen LogP contribution < -0.4 is 10.6 Å². The molecule has 1 aliphatic heterocycles. The lowest BCUT2D eigenvalue weighted by molar-refractivity contribution is 0.187. The zero-order valence-corrected chi connectivity index (χ0v) is 19.6. The first-order valence-corrected chi connectivity index (χ1v) is 11.8. The lowest BCUT2D eigenvalue weighted by atomic mass is 9.95. The van der Waals surface area contributed by atoms with Crippen LogP contribution in [0.1, 0.15) is 18.4 Å². The fourth-order valence-corrected chi connectivity index (χ4v) is 4.76. The van der Waals surface area contributed by atoms with E-state index in [0.717, 1.165) is 52.9 Å². The van der Waals surface area contributed by atoms with Gasteiger partial charge < -0.3 is 14.6 Å². The van der Waals surface area contributed by atoms with E-state index in [-0.39, 0.29) is 0 Å². The number of amides is 1. The minimum Gasteiger partial charge on any atom is -0.453 e. The number of carbonyl (C=O) groups is 1. The first-order chi connectivity index (χ1) is 17.2. The number of carbonyl (C=O) groups excluding carboxylic acids is 1. The number of piperidine rings is 1. The molecule has 1 aliphatic rings. The highest BCUT2D eigenvalue weighted by Gasteiger charge is 2.19. The van der Waals surface area contributed by atoms with Crippen molar-refractivity contribution in [2.75, 3.05) is 25.5 Å². The summed E-state index contributed by atoms with van der Waals surface area (Å²) in [5.74, 6) is 0.653. The van der Waals surface area contributed by atoms with Gasteiger partial charge in [0.15, 0.2) is 0 Å². The van der Waals surface area contributed by atoms with Gasteiger partial charge in [0.1, 0.15) is 0 Å². The molecule has 1 saturated heterocycles. The van der Waals surface area contributed by atoms with E-state index in [1.807, 2.05) is 54.7 Å². The third-order valence-electron chi connectivity index (χ3n) is 6.64. The lowest BCUT2D eigenvalue weighted by Gasteiger charge is -2.23. The number of nitrogens with one attached hydrogen (secondary N) is 2. The molecule has 0 saturated carbocycles. The van der Waals surface area contributed by atoms with Crippen molar-refractivity contribution in [3.8, 4) is 28.5 Å². The average Bonchev–Trinajstić information content (AvgIpc) is 3.32. The van der Waals surface area contributed by atoms with Crippen LogP contribution >= 0.6 is 0 Å². The molecule has 2 aromatic heterocycles. The molecule has 0 bridgehead atoms. The lowest BCUT2D eigenvalue weighted by Crippen LogP contribution is -2.29. The number of ether oxygens (including phenoxy) is 1. The molecule has 0 atom stereocenters. The molecule has 2 aromatic carbocycles. The Bertz CT molecular complexity index is 1380. The summed E-state index contributed by atoms with van der Waals surface area (Å²) in [5.41, 5.74) is 6.21. The quantitative estimate of drug-likeness (QED) is 0.411. The molecule has 35 heavy (non-hydrogen) atoms. The number of benzene rings is 2. The maximum atomic E-state index is 11.5. The maximum absolute atomic E-state index is 11.5. The number of methoxy groups -OCH3 is 1. The molecule has 3 heterocycles. The predicted molar refractivity (Wildman–Crippen MR) is 137 cm³/mol. The summed E-state index contributed by atoms with van der Waals surface area (Å²) >= 11 is 0. The van der Waals surface area contributed by atoms with Crippen LogP contribution in [0.3, 0.4) is 0 Å². The predicted octanol–water partition coefficient (Wildman–Crippen LogP) is 5.42. The van der Waals surface area contributed by atoms with Crippen molar-refractivity contribution in [3.05, 3.63) is 72.6 Å². The van der Waals surface area contributed by atoms with Gasteiger partial charge in [-0.2, -0.15) is 5.26 Å². The van der Waals surface area contributed by atoms with Crippen LogP contribution in [0.25, 0.3) is 33.3 Å². The molecule has 7 heteroatoms.